The zero-order valence-electron chi connectivity index (χ0n) is 13.3. The molecule has 1 amide bonds. The van der Waals surface area contributed by atoms with Gasteiger partial charge in [0, 0.05) is 32.3 Å². The first-order chi connectivity index (χ1) is 11.2. The molecule has 2 aliphatic heterocycles. The van der Waals surface area contributed by atoms with E-state index < -0.39 is 0 Å². The third kappa shape index (κ3) is 2.67. The van der Waals surface area contributed by atoms with E-state index in [9.17, 15) is 4.79 Å². The molecule has 2 unspecified atom stereocenters. The molecule has 4 rings (SSSR count). The minimum atomic E-state index is -0.210. The normalized spacial score (nSPS) is 27.7. The van der Waals surface area contributed by atoms with Crippen molar-refractivity contribution in [2.45, 2.75) is 30.8 Å². The number of hydrogen-bond donors (Lipinski definition) is 0. The predicted molar refractivity (Wildman–Crippen MR) is 83.1 cm³/mol. The summed E-state index contributed by atoms with van der Waals surface area (Å²) in [5.74, 6) is 0.402. The van der Waals surface area contributed by atoms with Crippen molar-refractivity contribution in [3.63, 3.8) is 0 Å². The van der Waals surface area contributed by atoms with Crippen molar-refractivity contribution >= 4 is 5.91 Å². The minimum Gasteiger partial charge on any atom is -0.472 e. The number of aryl methyl sites for hydroxylation is 1. The summed E-state index contributed by atoms with van der Waals surface area (Å²) in [5, 5.41) is 4.26. The van der Waals surface area contributed by atoms with Crippen LogP contribution < -0.4 is 0 Å². The molecule has 0 saturated carbocycles. The molecule has 2 aromatic rings. The highest BCUT2D eigenvalue weighted by molar-refractivity contribution is 5.93. The summed E-state index contributed by atoms with van der Waals surface area (Å²) in [4.78, 5) is 14.5. The van der Waals surface area contributed by atoms with Gasteiger partial charge in [-0.1, -0.05) is 0 Å². The average molecular weight is 315 g/mol. The van der Waals surface area contributed by atoms with Gasteiger partial charge in [-0.2, -0.15) is 5.10 Å². The van der Waals surface area contributed by atoms with Gasteiger partial charge in [0.2, 0.25) is 0 Å². The Bertz CT molecular complexity index is 694. The van der Waals surface area contributed by atoms with Gasteiger partial charge >= 0.3 is 0 Å². The van der Waals surface area contributed by atoms with Crippen LogP contribution >= 0.6 is 0 Å². The van der Waals surface area contributed by atoms with E-state index in [1.807, 2.05) is 22.8 Å². The zero-order chi connectivity index (χ0) is 15.9. The van der Waals surface area contributed by atoms with Gasteiger partial charge in [-0.15, -0.1) is 0 Å². The number of rotatable bonds is 2. The van der Waals surface area contributed by atoms with E-state index >= 15 is 0 Å². The fourth-order valence-corrected chi connectivity index (χ4v) is 3.83. The van der Waals surface area contributed by atoms with Gasteiger partial charge in [0.05, 0.1) is 30.2 Å². The van der Waals surface area contributed by atoms with Gasteiger partial charge < -0.3 is 14.1 Å². The molecule has 6 heteroatoms. The summed E-state index contributed by atoms with van der Waals surface area (Å²) in [5.41, 5.74) is 1.63. The lowest BCUT2D eigenvalue weighted by molar-refractivity contribution is -0.0447. The molecule has 122 valence electrons. The van der Waals surface area contributed by atoms with E-state index in [4.69, 9.17) is 9.15 Å². The van der Waals surface area contributed by atoms with Gasteiger partial charge in [0.1, 0.15) is 6.26 Å². The number of aromatic nitrogens is 2. The molecule has 6 nitrogen and oxygen atoms in total. The van der Waals surface area contributed by atoms with E-state index in [1.54, 1.807) is 6.07 Å². The van der Waals surface area contributed by atoms with Crippen LogP contribution in [0.15, 0.2) is 35.4 Å². The van der Waals surface area contributed by atoms with E-state index in [0.717, 1.165) is 25.8 Å². The maximum absolute atomic E-state index is 12.6. The molecule has 23 heavy (non-hydrogen) atoms. The topological polar surface area (TPSA) is 60.5 Å². The SMILES string of the molecule is Cn1cc(C2COC3(CCCN(C(=O)c4ccoc4)C3)C2)cn1. The largest absolute Gasteiger partial charge is 0.472 e. The number of amides is 1. The van der Waals surface area contributed by atoms with Crippen LogP contribution in [-0.4, -0.2) is 45.9 Å². The standard InChI is InChI=1S/C17H21N3O3/c1-19-9-15(8-18-19)14-7-17(23-11-14)4-2-5-20(12-17)16(21)13-3-6-22-10-13/h3,6,8-10,14H,2,4-5,7,11-12H2,1H3. The lowest BCUT2D eigenvalue weighted by Gasteiger charge is -2.39. The second-order valence-electron chi connectivity index (χ2n) is 6.68. The van der Waals surface area contributed by atoms with Crippen LogP contribution in [-0.2, 0) is 11.8 Å². The smallest absolute Gasteiger partial charge is 0.257 e. The summed E-state index contributed by atoms with van der Waals surface area (Å²) in [6.45, 7) is 2.15. The average Bonchev–Trinajstić information content (AvgIpc) is 3.28. The van der Waals surface area contributed by atoms with Crippen molar-refractivity contribution in [2.75, 3.05) is 19.7 Å². The zero-order valence-corrected chi connectivity index (χ0v) is 13.3. The van der Waals surface area contributed by atoms with Crippen molar-refractivity contribution in [1.29, 1.82) is 0 Å². The number of ether oxygens (including phenoxy) is 1. The molecule has 2 aromatic heterocycles. The van der Waals surface area contributed by atoms with Crippen molar-refractivity contribution < 1.29 is 13.9 Å². The number of furan rings is 1. The van der Waals surface area contributed by atoms with Gasteiger partial charge in [-0.25, -0.2) is 0 Å². The Hall–Kier alpha value is -2.08. The van der Waals surface area contributed by atoms with Gasteiger partial charge in [-0.05, 0) is 30.9 Å². The Labute approximate surface area is 135 Å². The third-order valence-corrected chi connectivity index (χ3v) is 5.00. The van der Waals surface area contributed by atoms with Crippen molar-refractivity contribution in [3.05, 3.63) is 42.1 Å². The summed E-state index contributed by atoms with van der Waals surface area (Å²) in [6.07, 6.45) is 9.97. The van der Waals surface area contributed by atoms with Crippen LogP contribution in [0.2, 0.25) is 0 Å². The quantitative estimate of drug-likeness (QED) is 0.852. The molecule has 2 fully saturated rings. The van der Waals surface area contributed by atoms with Gasteiger partial charge in [0.25, 0.3) is 5.91 Å². The molecular weight excluding hydrogens is 294 g/mol. The van der Waals surface area contributed by atoms with E-state index in [1.165, 1.54) is 18.1 Å². The summed E-state index contributed by atoms with van der Waals surface area (Å²) in [7, 11) is 1.93. The first-order valence-electron chi connectivity index (χ1n) is 8.09. The van der Waals surface area contributed by atoms with Crippen LogP contribution in [0.25, 0.3) is 0 Å². The maximum Gasteiger partial charge on any atom is 0.257 e. The molecule has 2 aliphatic rings. The molecular formula is C17H21N3O3. The number of hydrogen-bond acceptors (Lipinski definition) is 4. The highest BCUT2D eigenvalue weighted by Gasteiger charge is 2.45. The molecule has 0 radical (unpaired) electrons. The minimum absolute atomic E-state index is 0.0336. The molecule has 2 atom stereocenters. The Kier molecular flexibility index (Phi) is 3.49. The van der Waals surface area contributed by atoms with Gasteiger partial charge in [-0.3, -0.25) is 9.48 Å². The van der Waals surface area contributed by atoms with Crippen molar-refractivity contribution in [2.24, 2.45) is 7.05 Å². The molecule has 4 heterocycles. The lowest BCUT2D eigenvalue weighted by Crippen LogP contribution is -2.50. The predicted octanol–water partition coefficient (Wildman–Crippen LogP) is 2.19. The monoisotopic (exact) mass is 315 g/mol. The highest BCUT2D eigenvalue weighted by Crippen LogP contribution is 2.41. The van der Waals surface area contributed by atoms with Crippen LogP contribution in [0.5, 0.6) is 0 Å². The lowest BCUT2D eigenvalue weighted by atomic mass is 9.85. The van der Waals surface area contributed by atoms with Crippen LogP contribution in [0.3, 0.4) is 0 Å². The summed E-state index contributed by atoms with van der Waals surface area (Å²) >= 11 is 0. The second-order valence-corrected chi connectivity index (χ2v) is 6.68. The first kappa shape index (κ1) is 14.5. The number of carbonyl (C=O) groups excluding carboxylic acids is 1. The molecule has 0 bridgehead atoms. The summed E-state index contributed by atoms with van der Waals surface area (Å²) < 4.78 is 13.1. The van der Waals surface area contributed by atoms with E-state index in [0.29, 0.717) is 24.6 Å². The Morgan fingerprint density at radius 1 is 1.48 bits per heavy atom. The fourth-order valence-electron chi connectivity index (χ4n) is 3.83. The fraction of sp³-hybridized carbons (Fsp3) is 0.529. The molecule has 0 aromatic carbocycles. The Balaban J connectivity index is 1.48. The number of nitrogens with zero attached hydrogens (tertiary/aromatic N) is 3. The van der Waals surface area contributed by atoms with Crippen LogP contribution in [0.1, 0.15) is 41.1 Å². The summed E-state index contributed by atoms with van der Waals surface area (Å²) in [6, 6.07) is 1.72. The number of likely N-dealkylation sites (tertiary alicyclic amines) is 1. The second kappa shape index (κ2) is 5.53. The van der Waals surface area contributed by atoms with Crippen LogP contribution in [0, 0.1) is 0 Å². The third-order valence-electron chi connectivity index (χ3n) is 5.00. The van der Waals surface area contributed by atoms with Crippen LogP contribution in [0.4, 0.5) is 0 Å². The molecule has 0 N–H and O–H groups in total. The van der Waals surface area contributed by atoms with E-state index in [-0.39, 0.29) is 11.5 Å². The Morgan fingerprint density at radius 3 is 3.13 bits per heavy atom. The van der Waals surface area contributed by atoms with Crippen molar-refractivity contribution in [3.8, 4) is 0 Å². The highest BCUT2D eigenvalue weighted by atomic mass is 16.5. The van der Waals surface area contributed by atoms with Gasteiger partial charge in [0.15, 0.2) is 0 Å². The number of carbonyl (C=O) groups is 1. The Morgan fingerprint density at radius 2 is 2.39 bits per heavy atom. The van der Waals surface area contributed by atoms with Crippen molar-refractivity contribution in [1.82, 2.24) is 14.7 Å². The first-order valence-corrected chi connectivity index (χ1v) is 8.09. The maximum atomic E-state index is 12.6. The van der Waals surface area contributed by atoms with E-state index in [2.05, 4.69) is 11.3 Å². The molecule has 1 spiro atoms. The number of piperidine rings is 1. The molecule has 0 aliphatic carbocycles. The molecule has 2 saturated heterocycles.